The van der Waals surface area contributed by atoms with Crippen molar-refractivity contribution in [1.82, 2.24) is 0 Å². The van der Waals surface area contributed by atoms with Crippen molar-refractivity contribution in [3.05, 3.63) is 205 Å². The highest BCUT2D eigenvalue weighted by atomic mass is 32.2. The number of alkyl halides is 36. The molecule has 0 saturated carbocycles. The molecule has 0 aliphatic carbocycles. The summed E-state index contributed by atoms with van der Waals surface area (Å²) in [7, 11) is -39.2. The fraction of sp³-hybridized carbons (Fsp3) is 0.236. The molecule has 0 N–H and O–H groups in total. The highest BCUT2D eigenvalue weighted by Gasteiger charge is 2.62. The molecule has 0 amide bonds. The zero-order valence-electron chi connectivity index (χ0n) is 57.0. The topological polar surface area (TPSA) is 400 Å². The Bertz CT molecular complexity index is 5740. The van der Waals surface area contributed by atoms with E-state index < -0.39 is 282 Å². The summed E-state index contributed by atoms with van der Waals surface area (Å²) in [6.07, 6.45) is -71.2. The van der Waals surface area contributed by atoms with E-state index in [1.807, 2.05) is 0 Å². The molecule has 0 aliphatic rings. The second-order valence-corrected chi connectivity index (χ2v) is 31.0. The van der Waals surface area contributed by atoms with Crippen LogP contribution in [0.4, 0.5) is 189 Å². The monoisotopic (exact) mass is 2060 g/mol. The molecule has 716 valence electrons. The second-order valence-electron chi connectivity index (χ2n) is 21.6. The fourth-order valence-electron chi connectivity index (χ4n) is 7.90. The van der Waals surface area contributed by atoms with Gasteiger partial charge in [-0.05, 0) is 72.8 Å². The van der Waals surface area contributed by atoms with Crippen molar-refractivity contribution in [3.63, 3.8) is 0 Å². The number of hydrogen-bond donors (Lipinski definition) is 0. The summed E-state index contributed by atoms with van der Waals surface area (Å²) in [6, 6.07) is 8.30. The Balaban J connectivity index is 0.00000147. The van der Waals surface area contributed by atoms with E-state index in [0.717, 1.165) is 0 Å². The Labute approximate surface area is 668 Å². The summed E-state index contributed by atoms with van der Waals surface area (Å²) in [4.78, 5) is -13.3. The van der Waals surface area contributed by atoms with Crippen LogP contribution < -0.4 is 0 Å². The van der Waals surface area contributed by atoms with Gasteiger partial charge in [0.15, 0.2) is 23.3 Å². The molecule has 0 unspecified atom stereocenters. The van der Waals surface area contributed by atoms with Crippen LogP contribution >= 0.6 is 0 Å². The van der Waals surface area contributed by atoms with Crippen LogP contribution in [0.1, 0.15) is 68.1 Å². The smallest absolute Gasteiger partial charge is 0.418 e. The molecule has 0 fully saturated rings. The molecule has 0 atom stereocenters. The van der Waals surface area contributed by atoms with Crippen LogP contribution in [0.5, 0.6) is 0 Å². The lowest BCUT2D eigenvalue weighted by molar-refractivity contribution is -0.191. The lowest BCUT2D eigenvalue weighted by atomic mass is 9.89. The third kappa shape index (κ3) is 35.2. The largest absolute Gasteiger partial charge is 0.744 e. The minimum atomic E-state index is -7.52. The standard InChI is InChI=1S/C11HF15O3S.3C8H4F6O3S.C6HF5O3S.C6H4F2O3S.C6H6O3S.C2H3F3/c12-7(13,14)1-2(8(15,16)17)4(10(21,22)23)6(30(27,28)29)5(11(24,25)26)3(1)9(18,19)20;9-7(10,11)4-1-5(8(12,13)14)3-6(2-4)18(15,16)17;9-7(10,11)4-1-2-6(18(15,16)17)5(3-4)8(12,13)14;9-7(10,11)4-2-1-3-5(8(12,13)14)6(4)18(15,16)17;7-1-2(8)4(10)6(15(12,13)14)5(11)3(1)9;7-4-1-5(8)3-6(2-4)12(9,10)11;7-10(8,9)6-4-2-1-3-5-6;1-2(3,4)5/h(H,27,28,29);3*1-3H,(H,15,16,17);(H,12,13,14);1-3H,(H,9,10,11);1-5H,(H,7,8,9);1H3/p-7. The molecule has 0 spiro atoms. The summed E-state index contributed by atoms with van der Waals surface area (Å²) in [6.45, 7) is 0.188. The van der Waals surface area contributed by atoms with Gasteiger partial charge in [0.1, 0.15) is 87.4 Å². The van der Waals surface area contributed by atoms with E-state index in [1.165, 1.54) is 24.3 Å². The van der Waals surface area contributed by atoms with Crippen molar-refractivity contribution in [1.29, 1.82) is 0 Å². The summed E-state index contributed by atoms with van der Waals surface area (Å²) in [5.74, 6) is -15.0. The van der Waals surface area contributed by atoms with Crippen molar-refractivity contribution in [3.8, 4) is 0 Å². The van der Waals surface area contributed by atoms with E-state index in [-0.39, 0.29) is 54.3 Å². The molecule has 7 rings (SSSR count). The van der Waals surface area contributed by atoms with E-state index in [0.29, 0.717) is 24.3 Å². The first-order valence-corrected chi connectivity index (χ1v) is 38.0. The molecule has 126 heavy (non-hydrogen) atoms. The lowest BCUT2D eigenvalue weighted by Crippen LogP contribution is -2.34. The Hall–Kier alpha value is -9.10. The average molecular weight is 2060 g/mol. The van der Waals surface area contributed by atoms with E-state index in [2.05, 4.69) is 0 Å². The molecule has 7 aromatic rings. The van der Waals surface area contributed by atoms with Gasteiger partial charge in [-0.25, -0.2) is 89.7 Å². The first-order valence-electron chi connectivity index (χ1n) is 28.2. The summed E-state index contributed by atoms with van der Waals surface area (Å²) < 4.78 is 754. The molecular weight excluding hydrogens is 2040 g/mol. The van der Waals surface area contributed by atoms with Crippen molar-refractivity contribution >= 4 is 70.8 Å². The van der Waals surface area contributed by atoms with Crippen LogP contribution in [0.3, 0.4) is 0 Å². The van der Waals surface area contributed by atoms with E-state index in [4.69, 9.17) is 0 Å². The van der Waals surface area contributed by atoms with Gasteiger partial charge in [-0.3, -0.25) is 0 Å². The Kier molecular flexibility index (Phi) is 36.6. The first kappa shape index (κ1) is 117. The van der Waals surface area contributed by atoms with Gasteiger partial charge < -0.3 is 31.9 Å². The molecule has 0 aromatic heterocycles. The number of rotatable bonds is 7. The first-order chi connectivity index (χ1) is 54.9. The highest BCUT2D eigenvalue weighted by Crippen LogP contribution is 2.58. The number of halogens is 43. The van der Waals surface area contributed by atoms with Crippen molar-refractivity contribution in [2.45, 2.75) is 115 Å². The maximum Gasteiger partial charge on any atom is 0.418 e. The van der Waals surface area contributed by atoms with Gasteiger partial charge in [0.25, 0.3) is 0 Å². The third-order valence-electron chi connectivity index (χ3n) is 12.3. The molecule has 0 heterocycles. The zero-order valence-corrected chi connectivity index (χ0v) is 62.7. The number of benzene rings is 7. The Morgan fingerprint density at radius 3 is 0.706 bits per heavy atom. The molecule has 0 aliphatic heterocycles. The molecule has 21 nitrogen and oxygen atoms in total. The quantitative estimate of drug-likeness (QED) is 0.0619. The molecule has 0 saturated heterocycles. The second kappa shape index (κ2) is 39.5. The van der Waals surface area contributed by atoms with Gasteiger partial charge in [0.05, 0.1) is 90.6 Å². The lowest BCUT2D eigenvalue weighted by Gasteiger charge is -2.31. The van der Waals surface area contributed by atoms with E-state index in [9.17, 15) is 280 Å². The minimum absolute atomic E-state index is 0.00597. The highest BCUT2D eigenvalue weighted by molar-refractivity contribution is 7.87. The minimum Gasteiger partial charge on any atom is -0.744 e. The molecule has 0 radical (unpaired) electrons. The van der Waals surface area contributed by atoms with Crippen molar-refractivity contribution < 1.29 is 280 Å². The Morgan fingerprint density at radius 1 is 0.214 bits per heavy atom. The molecule has 7 aromatic carbocycles. The van der Waals surface area contributed by atoms with Crippen LogP contribution in [-0.2, 0) is 139 Å². The van der Waals surface area contributed by atoms with Crippen molar-refractivity contribution in [2.24, 2.45) is 0 Å². The predicted octanol–water partition coefficient (Wildman–Crippen LogP) is 17.9. The Morgan fingerprint density at radius 2 is 0.476 bits per heavy atom. The number of hydrogen-bond acceptors (Lipinski definition) is 21. The van der Waals surface area contributed by atoms with Gasteiger partial charge in [-0.15, -0.1) is 0 Å². The summed E-state index contributed by atoms with van der Waals surface area (Å²) >= 11 is 0. The van der Waals surface area contributed by atoms with Crippen LogP contribution in [0, 0.1) is 40.7 Å². The summed E-state index contributed by atoms with van der Waals surface area (Å²) in [5, 5.41) is 0. The van der Waals surface area contributed by atoms with Crippen LogP contribution in [-0.4, -0.2) is 97.0 Å². The van der Waals surface area contributed by atoms with Crippen molar-refractivity contribution in [2.75, 3.05) is 0 Å². The third-order valence-corrected chi connectivity index (χ3v) is 18.4. The van der Waals surface area contributed by atoms with Crippen LogP contribution in [0.25, 0.3) is 0 Å². The molecule has 0 bridgehead atoms. The summed E-state index contributed by atoms with van der Waals surface area (Å²) in [5.41, 5.74) is -34.0. The maximum absolute atomic E-state index is 13.0. The van der Waals surface area contributed by atoms with Gasteiger partial charge >= 0.3 is 74.1 Å². The normalized spacial score (nSPS) is 13.3. The van der Waals surface area contributed by atoms with Crippen LogP contribution in [0.2, 0.25) is 0 Å². The predicted molar refractivity (Wildman–Crippen MR) is 307 cm³/mol. The zero-order chi connectivity index (χ0) is 101. The van der Waals surface area contributed by atoms with Gasteiger partial charge in [-0.2, -0.15) is 158 Å². The molecule has 71 heteroatoms. The SMILES string of the molecule is CC(F)(F)F.O=S(=O)([O-])c1c(C(F)(F)F)c(C(F)(F)F)c(C(F)(F)F)c(C(F)(F)F)c1C(F)(F)F.O=S(=O)([O-])c1c(C(F)(F)F)cccc1C(F)(F)F.O=S(=O)([O-])c1c(F)c(F)c(F)c(F)c1F.O=S(=O)([O-])c1cc(C(F)(F)F)cc(C(F)(F)F)c1.O=S(=O)([O-])c1cc(F)cc(F)c1.O=S(=O)([O-])c1ccc(C(F)(F)F)cc1C(F)(F)F.O=S(=O)([O-])c1ccccc1. The van der Waals surface area contributed by atoms with E-state index in [1.54, 1.807) is 6.07 Å². The van der Waals surface area contributed by atoms with Crippen LogP contribution in [0.15, 0.2) is 137 Å². The van der Waals surface area contributed by atoms with E-state index >= 15 is 0 Å². The fourth-order valence-corrected chi connectivity index (χ4v) is 12.6. The van der Waals surface area contributed by atoms with Gasteiger partial charge in [0, 0.05) is 13.0 Å². The molecular formula is C55H20F43O21S7-7. The van der Waals surface area contributed by atoms with Gasteiger partial charge in [0.2, 0.25) is 5.82 Å². The average Bonchev–Trinajstić information content (AvgIpc) is 0.695. The van der Waals surface area contributed by atoms with Gasteiger partial charge in [-0.1, -0.05) is 24.3 Å². The maximum atomic E-state index is 13.0.